The van der Waals surface area contributed by atoms with Crippen molar-refractivity contribution >= 4 is 26.6 Å². The third-order valence-electron chi connectivity index (χ3n) is 5.35. The number of nitrogens with zero attached hydrogens (tertiary/aromatic N) is 3. The van der Waals surface area contributed by atoms with Gasteiger partial charge in [-0.2, -0.15) is 4.31 Å². The number of methoxy groups -OCH3 is 1. The average molecular weight is 510 g/mol. The zero-order chi connectivity index (χ0) is 25.1. The standard InChI is InChI=1S/C23H22F3N3O5S/c1-32-22-14-17(27-21-5-3-2-4-20(21)22)15-33-28-16-10-12-29(13-11-16)35(30,31)19-8-6-18(7-9-19)34-23(24,25)26/h2-9,14H,10-13,15H2,1H3. The predicted octanol–water partition coefficient (Wildman–Crippen LogP) is 4.50. The van der Waals surface area contributed by atoms with Crippen LogP contribution in [0, 0.1) is 0 Å². The third-order valence-corrected chi connectivity index (χ3v) is 7.26. The van der Waals surface area contributed by atoms with Crippen LogP contribution in [0.5, 0.6) is 11.5 Å². The number of ether oxygens (including phenoxy) is 2. The summed E-state index contributed by atoms with van der Waals surface area (Å²) in [5, 5.41) is 5.03. The summed E-state index contributed by atoms with van der Waals surface area (Å²) in [7, 11) is -2.28. The first kappa shape index (κ1) is 24.7. The van der Waals surface area contributed by atoms with Crippen LogP contribution in [0.15, 0.2) is 64.6 Å². The number of halogens is 3. The van der Waals surface area contributed by atoms with Crippen molar-refractivity contribution < 1.29 is 35.9 Å². The fraction of sp³-hybridized carbons (Fsp3) is 0.304. The van der Waals surface area contributed by atoms with Gasteiger partial charge in [0.1, 0.15) is 11.5 Å². The zero-order valence-electron chi connectivity index (χ0n) is 18.7. The van der Waals surface area contributed by atoms with Crippen molar-refractivity contribution in [1.82, 2.24) is 9.29 Å². The van der Waals surface area contributed by atoms with Crippen molar-refractivity contribution in [2.75, 3.05) is 20.2 Å². The lowest BCUT2D eigenvalue weighted by molar-refractivity contribution is -0.274. The molecule has 0 atom stereocenters. The molecule has 12 heteroatoms. The maximum atomic E-state index is 12.8. The van der Waals surface area contributed by atoms with Crippen molar-refractivity contribution in [2.24, 2.45) is 5.16 Å². The summed E-state index contributed by atoms with van der Waals surface area (Å²) in [6.45, 7) is 0.472. The number of aromatic nitrogens is 1. The van der Waals surface area contributed by atoms with E-state index in [4.69, 9.17) is 9.57 Å². The van der Waals surface area contributed by atoms with Crippen molar-refractivity contribution in [3.8, 4) is 11.5 Å². The van der Waals surface area contributed by atoms with Crippen LogP contribution in [0.1, 0.15) is 18.5 Å². The summed E-state index contributed by atoms with van der Waals surface area (Å²) in [5.41, 5.74) is 2.12. The number of piperidine rings is 1. The fourth-order valence-electron chi connectivity index (χ4n) is 3.67. The Labute approximate surface area is 200 Å². The molecule has 2 aromatic carbocycles. The maximum absolute atomic E-state index is 12.8. The molecule has 0 aliphatic carbocycles. The second-order valence-corrected chi connectivity index (χ2v) is 9.63. The molecule has 4 rings (SSSR count). The molecular weight excluding hydrogens is 487 g/mol. The molecule has 1 aliphatic heterocycles. The van der Waals surface area contributed by atoms with E-state index in [1.54, 1.807) is 13.2 Å². The Morgan fingerprint density at radius 3 is 2.40 bits per heavy atom. The molecule has 0 saturated carbocycles. The molecule has 3 aromatic rings. The van der Waals surface area contributed by atoms with E-state index in [9.17, 15) is 21.6 Å². The highest BCUT2D eigenvalue weighted by molar-refractivity contribution is 7.89. The van der Waals surface area contributed by atoms with Crippen LogP contribution < -0.4 is 9.47 Å². The monoisotopic (exact) mass is 509 g/mol. The fourth-order valence-corrected chi connectivity index (χ4v) is 5.11. The van der Waals surface area contributed by atoms with Crippen molar-refractivity contribution in [1.29, 1.82) is 0 Å². The SMILES string of the molecule is COc1cc(CON=C2CCN(S(=O)(=O)c3ccc(OC(F)(F)F)cc3)CC2)nc2ccccc12. The van der Waals surface area contributed by atoms with Crippen molar-refractivity contribution in [3.63, 3.8) is 0 Å². The molecule has 1 aromatic heterocycles. The lowest BCUT2D eigenvalue weighted by Gasteiger charge is -2.26. The van der Waals surface area contributed by atoms with E-state index in [-0.39, 0.29) is 24.6 Å². The number of pyridine rings is 1. The summed E-state index contributed by atoms with van der Waals surface area (Å²) in [6, 6.07) is 13.5. The smallest absolute Gasteiger partial charge is 0.496 e. The number of rotatable bonds is 7. The van der Waals surface area contributed by atoms with Crippen LogP contribution in [-0.2, 0) is 21.5 Å². The van der Waals surface area contributed by atoms with Crippen LogP contribution >= 0.6 is 0 Å². The Hall–Kier alpha value is -3.38. The Morgan fingerprint density at radius 1 is 1.06 bits per heavy atom. The number of hydrogen-bond donors (Lipinski definition) is 0. The summed E-state index contributed by atoms with van der Waals surface area (Å²) in [5.74, 6) is 0.193. The largest absolute Gasteiger partial charge is 0.573 e. The molecular formula is C23H22F3N3O5S. The zero-order valence-corrected chi connectivity index (χ0v) is 19.5. The van der Waals surface area contributed by atoms with E-state index in [2.05, 4.69) is 14.9 Å². The number of sulfonamides is 1. The summed E-state index contributed by atoms with van der Waals surface area (Å²) in [4.78, 5) is 9.89. The number of oxime groups is 1. The van der Waals surface area contributed by atoms with E-state index >= 15 is 0 Å². The minimum atomic E-state index is -4.85. The summed E-state index contributed by atoms with van der Waals surface area (Å²) < 4.78 is 73.0. The Morgan fingerprint density at radius 2 is 1.74 bits per heavy atom. The highest BCUT2D eigenvalue weighted by atomic mass is 32.2. The highest BCUT2D eigenvalue weighted by Crippen LogP contribution is 2.27. The molecule has 35 heavy (non-hydrogen) atoms. The van der Waals surface area contributed by atoms with Crippen LogP contribution in [-0.4, -0.2) is 50.0 Å². The van der Waals surface area contributed by atoms with Gasteiger partial charge in [0.2, 0.25) is 10.0 Å². The first-order valence-electron chi connectivity index (χ1n) is 10.6. The number of fused-ring (bicyclic) bond motifs is 1. The Balaban J connectivity index is 1.34. The molecule has 1 saturated heterocycles. The number of hydrogen-bond acceptors (Lipinski definition) is 7. The molecule has 0 N–H and O–H groups in total. The molecule has 0 unspecified atom stereocenters. The normalized spacial score (nSPS) is 15.1. The van der Waals surface area contributed by atoms with Crippen molar-refractivity contribution in [3.05, 3.63) is 60.3 Å². The number of alkyl halides is 3. The predicted molar refractivity (Wildman–Crippen MR) is 122 cm³/mol. The highest BCUT2D eigenvalue weighted by Gasteiger charge is 2.32. The van der Waals surface area contributed by atoms with Gasteiger partial charge in [-0.3, -0.25) is 0 Å². The van der Waals surface area contributed by atoms with Gasteiger partial charge in [0.25, 0.3) is 0 Å². The second kappa shape index (κ2) is 10.1. The van der Waals surface area contributed by atoms with Gasteiger partial charge in [-0.1, -0.05) is 17.3 Å². The van der Waals surface area contributed by atoms with Gasteiger partial charge in [0, 0.05) is 37.4 Å². The third kappa shape index (κ3) is 6.01. The van der Waals surface area contributed by atoms with Crippen molar-refractivity contribution in [2.45, 2.75) is 30.7 Å². The number of benzene rings is 2. The first-order chi connectivity index (χ1) is 16.7. The van der Waals surface area contributed by atoms with Crippen LogP contribution in [0.2, 0.25) is 0 Å². The molecule has 186 valence electrons. The average Bonchev–Trinajstić information content (AvgIpc) is 2.83. The summed E-state index contributed by atoms with van der Waals surface area (Å²) >= 11 is 0. The van der Waals surface area contributed by atoms with E-state index in [1.807, 2.05) is 24.3 Å². The molecule has 1 fully saturated rings. The lowest BCUT2D eigenvalue weighted by atomic mass is 10.1. The van der Waals surface area contributed by atoms with E-state index in [1.165, 1.54) is 4.31 Å². The molecule has 1 aliphatic rings. The molecule has 2 heterocycles. The second-order valence-electron chi connectivity index (χ2n) is 7.69. The molecule has 0 amide bonds. The maximum Gasteiger partial charge on any atom is 0.573 e. The Bertz CT molecular complexity index is 1320. The van der Waals surface area contributed by atoms with Gasteiger partial charge in [0.15, 0.2) is 6.61 Å². The van der Waals surface area contributed by atoms with Gasteiger partial charge in [0.05, 0.1) is 28.9 Å². The Kier molecular flexibility index (Phi) is 7.13. The molecule has 0 spiro atoms. The van der Waals surface area contributed by atoms with E-state index < -0.39 is 22.1 Å². The number of para-hydroxylation sites is 1. The lowest BCUT2D eigenvalue weighted by Crippen LogP contribution is -2.38. The topological polar surface area (TPSA) is 90.3 Å². The minimum absolute atomic E-state index is 0.111. The molecule has 0 radical (unpaired) electrons. The van der Waals surface area contributed by atoms with Gasteiger partial charge in [-0.25, -0.2) is 13.4 Å². The quantitative estimate of drug-likeness (QED) is 0.436. The van der Waals surface area contributed by atoms with Crippen LogP contribution in [0.4, 0.5) is 13.2 Å². The van der Waals surface area contributed by atoms with Gasteiger partial charge in [-0.15, -0.1) is 13.2 Å². The van der Waals surface area contributed by atoms with Gasteiger partial charge >= 0.3 is 6.36 Å². The molecule has 0 bridgehead atoms. The van der Waals surface area contributed by atoms with Crippen LogP contribution in [0.3, 0.4) is 0 Å². The molecule has 8 nitrogen and oxygen atoms in total. The summed E-state index contributed by atoms with van der Waals surface area (Å²) in [6.07, 6.45) is -4.12. The van der Waals surface area contributed by atoms with Gasteiger partial charge in [-0.05, 0) is 36.4 Å². The van der Waals surface area contributed by atoms with E-state index in [0.29, 0.717) is 30.0 Å². The minimum Gasteiger partial charge on any atom is -0.496 e. The van der Waals surface area contributed by atoms with Crippen LogP contribution in [0.25, 0.3) is 10.9 Å². The first-order valence-corrected chi connectivity index (χ1v) is 12.1. The van der Waals surface area contributed by atoms with E-state index in [0.717, 1.165) is 35.2 Å². The van der Waals surface area contributed by atoms with Gasteiger partial charge < -0.3 is 14.3 Å².